The van der Waals surface area contributed by atoms with Gasteiger partial charge in [0, 0.05) is 4.47 Å². The van der Waals surface area contributed by atoms with Crippen molar-refractivity contribution < 1.29 is 4.39 Å². The largest absolute Gasteiger partial charge is 0.330 e. The van der Waals surface area contributed by atoms with Crippen molar-refractivity contribution in [1.82, 2.24) is 0 Å². The van der Waals surface area contributed by atoms with E-state index in [1.54, 1.807) is 12.1 Å². The van der Waals surface area contributed by atoms with E-state index >= 15 is 0 Å². The highest BCUT2D eigenvalue weighted by molar-refractivity contribution is 9.10. The number of halogens is 2. The van der Waals surface area contributed by atoms with Gasteiger partial charge in [0.1, 0.15) is 5.82 Å². The first-order chi connectivity index (χ1) is 10.1. The molecule has 1 aliphatic rings. The molecule has 3 heteroatoms. The second kappa shape index (κ2) is 5.90. The number of hydrogen-bond acceptors (Lipinski definition) is 1. The molecule has 110 valence electrons. The van der Waals surface area contributed by atoms with Crippen LogP contribution in [0.25, 0.3) is 0 Å². The van der Waals surface area contributed by atoms with E-state index in [1.165, 1.54) is 17.2 Å². The van der Waals surface area contributed by atoms with Crippen molar-refractivity contribution in [2.75, 3.05) is 6.54 Å². The Morgan fingerprint density at radius 3 is 2.67 bits per heavy atom. The lowest BCUT2D eigenvalue weighted by molar-refractivity contribution is 0.253. The SMILES string of the molecule is NCC1(Cc2cc(F)ccc2Br)CCc2ccccc2C1. The zero-order chi connectivity index (χ0) is 14.9. The summed E-state index contributed by atoms with van der Waals surface area (Å²) >= 11 is 3.53. The standard InChI is InChI=1S/C18H19BrFN/c19-17-6-5-16(20)9-15(17)11-18(12-21)8-7-13-3-1-2-4-14(13)10-18/h1-6,9H,7-8,10-12,21H2. The molecule has 0 radical (unpaired) electrons. The molecule has 2 N–H and O–H groups in total. The minimum atomic E-state index is -0.184. The second-order valence-electron chi connectivity index (χ2n) is 6.06. The zero-order valence-electron chi connectivity index (χ0n) is 11.9. The van der Waals surface area contributed by atoms with Crippen LogP contribution in [0.1, 0.15) is 23.1 Å². The van der Waals surface area contributed by atoms with E-state index in [4.69, 9.17) is 5.73 Å². The van der Waals surface area contributed by atoms with Gasteiger partial charge in [-0.25, -0.2) is 4.39 Å². The summed E-state index contributed by atoms with van der Waals surface area (Å²) < 4.78 is 14.5. The van der Waals surface area contributed by atoms with Crippen LogP contribution in [0.15, 0.2) is 46.9 Å². The lowest BCUT2D eigenvalue weighted by Crippen LogP contribution is -2.38. The van der Waals surface area contributed by atoms with Crippen molar-refractivity contribution in [2.24, 2.45) is 11.1 Å². The van der Waals surface area contributed by atoms with Gasteiger partial charge in [-0.05, 0) is 72.5 Å². The number of nitrogens with two attached hydrogens (primary N) is 1. The molecule has 0 amide bonds. The summed E-state index contributed by atoms with van der Waals surface area (Å²) in [5.41, 5.74) is 9.99. The fourth-order valence-electron chi connectivity index (χ4n) is 3.35. The van der Waals surface area contributed by atoms with Gasteiger partial charge in [-0.1, -0.05) is 40.2 Å². The molecule has 1 aliphatic carbocycles. The number of aryl methyl sites for hydroxylation is 1. The molecule has 2 aromatic carbocycles. The van der Waals surface area contributed by atoms with Gasteiger partial charge in [0.05, 0.1) is 0 Å². The molecular formula is C18H19BrFN. The summed E-state index contributed by atoms with van der Waals surface area (Å²) in [6, 6.07) is 13.5. The third-order valence-electron chi connectivity index (χ3n) is 4.61. The number of rotatable bonds is 3. The van der Waals surface area contributed by atoms with Crippen LogP contribution < -0.4 is 5.73 Å². The molecule has 1 unspecified atom stereocenters. The maximum atomic E-state index is 13.5. The fourth-order valence-corrected chi connectivity index (χ4v) is 3.73. The predicted molar refractivity (Wildman–Crippen MR) is 87.8 cm³/mol. The van der Waals surface area contributed by atoms with Crippen molar-refractivity contribution >= 4 is 15.9 Å². The van der Waals surface area contributed by atoms with Crippen LogP contribution in [0, 0.1) is 11.2 Å². The molecule has 0 aromatic heterocycles. The summed E-state index contributed by atoms with van der Waals surface area (Å²) in [6.07, 6.45) is 3.91. The molecule has 1 nitrogen and oxygen atoms in total. The average Bonchev–Trinajstić information content (AvgIpc) is 2.51. The van der Waals surface area contributed by atoms with Crippen molar-refractivity contribution in [1.29, 1.82) is 0 Å². The summed E-state index contributed by atoms with van der Waals surface area (Å²) in [6.45, 7) is 0.629. The second-order valence-corrected chi connectivity index (χ2v) is 6.92. The molecule has 1 atom stereocenters. The Morgan fingerprint density at radius 1 is 1.14 bits per heavy atom. The highest BCUT2D eigenvalue weighted by atomic mass is 79.9. The van der Waals surface area contributed by atoms with Gasteiger partial charge in [-0.2, -0.15) is 0 Å². The van der Waals surface area contributed by atoms with Gasteiger partial charge in [-0.3, -0.25) is 0 Å². The normalized spacial score (nSPS) is 21.1. The number of benzene rings is 2. The lowest BCUT2D eigenvalue weighted by Gasteiger charge is -2.38. The Hall–Kier alpha value is -1.19. The third-order valence-corrected chi connectivity index (χ3v) is 5.39. The Balaban J connectivity index is 1.90. The topological polar surface area (TPSA) is 26.0 Å². The van der Waals surface area contributed by atoms with Gasteiger partial charge in [-0.15, -0.1) is 0 Å². The van der Waals surface area contributed by atoms with Crippen molar-refractivity contribution in [3.05, 3.63) is 69.4 Å². The molecule has 2 aromatic rings. The van der Waals surface area contributed by atoms with E-state index in [1.807, 2.05) is 0 Å². The van der Waals surface area contributed by atoms with Crippen LogP contribution in [-0.4, -0.2) is 6.54 Å². The van der Waals surface area contributed by atoms with Crippen LogP contribution in [-0.2, 0) is 19.3 Å². The van der Waals surface area contributed by atoms with Crippen molar-refractivity contribution in [3.8, 4) is 0 Å². The fraction of sp³-hybridized carbons (Fsp3) is 0.333. The maximum Gasteiger partial charge on any atom is 0.123 e. The van der Waals surface area contributed by atoms with Crippen LogP contribution in [0.2, 0.25) is 0 Å². The van der Waals surface area contributed by atoms with Gasteiger partial charge >= 0.3 is 0 Å². The minimum Gasteiger partial charge on any atom is -0.330 e. The van der Waals surface area contributed by atoms with Crippen molar-refractivity contribution in [3.63, 3.8) is 0 Å². The van der Waals surface area contributed by atoms with E-state index in [0.717, 1.165) is 35.7 Å². The van der Waals surface area contributed by atoms with E-state index in [2.05, 4.69) is 40.2 Å². The molecule has 0 saturated heterocycles. The molecule has 0 bridgehead atoms. The minimum absolute atomic E-state index is 0.0324. The highest BCUT2D eigenvalue weighted by Gasteiger charge is 2.33. The van der Waals surface area contributed by atoms with Crippen LogP contribution in [0.3, 0.4) is 0 Å². The molecule has 0 heterocycles. The monoisotopic (exact) mass is 347 g/mol. The quantitative estimate of drug-likeness (QED) is 0.881. The first-order valence-electron chi connectivity index (χ1n) is 7.33. The van der Waals surface area contributed by atoms with E-state index in [-0.39, 0.29) is 11.2 Å². The van der Waals surface area contributed by atoms with E-state index < -0.39 is 0 Å². The summed E-state index contributed by atoms with van der Waals surface area (Å²) in [5.74, 6) is -0.184. The van der Waals surface area contributed by atoms with Gasteiger partial charge in [0.25, 0.3) is 0 Å². The molecule has 21 heavy (non-hydrogen) atoms. The Labute approximate surface area is 133 Å². The summed E-state index contributed by atoms with van der Waals surface area (Å²) in [4.78, 5) is 0. The molecule has 0 fully saturated rings. The number of fused-ring (bicyclic) bond motifs is 1. The van der Waals surface area contributed by atoms with E-state index in [0.29, 0.717) is 6.54 Å². The van der Waals surface area contributed by atoms with Crippen LogP contribution in [0.4, 0.5) is 4.39 Å². The molecule has 0 saturated carbocycles. The smallest absolute Gasteiger partial charge is 0.123 e. The Kier molecular flexibility index (Phi) is 4.14. The summed E-state index contributed by atoms with van der Waals surface area (Å²) in [7, 11) is 0. The van der Waals surface area contributed by atoms with Gasteiger partial charge < -0.3 is 5.73 Å². The first-order valence-corrected chi connectivity index (χ1v) is 8.12. The Bertz CT molecular complexity index is 655. The van der Waals surface area contributed by atoms with Gasteiger partial charge in [0.15, 0.2) is 0 Å². The molecule has 0 aliphatic heterocycles. The van der Waals surface area contributed by atoms with E-state index in [9.17, 15) is 4.39 Å². The zero-order valence-corrected chi connectivity index (χ0v) is 13.5. The summed E-state index contributed by atoms with van der Waals surface area (Å²) in [5, 5.41) is 0. The van der Waals surface area contributed by atoms with Crippen LogP contribution in [0.5, 0.6) is 0 Å². The molecule has 3 rings (SSSR count). The van der Waals surface area contributed by atoms with Crippen LogP contribution >= 0.6 is 15.9 Å². The number of hydrogen-bond donors (Lipinski definition) is 1. The molecule has 0 spiro atoms. The van der Waals surface area contributed by atoms with Gasteiger partial charge in [0.2, 0.25) is 0 Å². The third kappa shape index (κ3) is 3.04. The average molecular weight is 348 g/mol. The predicted octanol–water partition coefficient (Wildman–Crippen LogP) is 4.26. The Morgan fingerprint density at radius 2 is 1.90 bits per heavy atom. The lowest BCUT2D eigenvalue weighted by atomic mass is 9.68. The highest BCUT2D eigenvalue weighted by Crippen LogP contribution is 2.39. The first kappa shape index (κ1) is 14.7. The molecular weight excluding hydrogens is 329 g/mol. The van der Waals surface area contributed by atoms with Crippen molar-refractivity contribution in [2.45, 2.75) is 25.7 Å². The maximum absolute atomic E-state index is 13.5.